The number of allylic oxidation sites excluding steroid dienone is 2. The number of rotatable bonds is 14. The van der Waals surface area contributed by atoms with Crippen LogP contribution in [0, 0.1) is 11.8 Å². The van der Waals surface area contributed by atoms with Crippen LogP contribution >= 0.6 is 0 Å². The van der Waals surface area contributed by atoms with E-state index in [1.807, 2.05) is 0 Å². The molecule has 0 heterocycles. The molecular formula is C18H33KNO5+. The molecule has 25 heavy (non-hydrogen) atoms. The Balaban J connectivity index is 0. The summed E-state index contributed by atoms with van der Waals surface area (Å²) in [6.07, 6.45) is 8.07. The van der Waals surface area contributed by atoms with Crippen molar-refractivity contribution in [2.75, 3.05) is 32.8 Å². The molecule has 0 rings (SSSR count). The Hall–Kier alpha value is 0.236. The van der Waals surface area contributed by atoms with E-state index in [9.17, 15) is 24.9 Å². The SMILES string of the molecule is CCC/C=C/CCC[N+](CCO)(CC(C)C(=O)[O-])CC(C)C(=O)O.[K+]. The van der Waals surface area contributed by atoms with Gasteiger partial charge in [-0.15, -0.1) is 0 Å². The molecule has 0 amide bonds. The summed E-state index contributed by atoms with van der Waals surface area (Å²) in [6.45, 7) is 6.80. The first-order valence-corrected chi connectivity index (χ1v) is 8.82. The number of aliphatic hydroxyl groups excluding tert-OH is 1. The van der Waals surface area contributed by atoms with Gasteiger partial charge in [0.15, 0.2) is 0 Å². The zero-order valence-electron chi connectivity index (χ0n) is 16.2. The van der Waals surface area contributed by atoms with Crippen LogP contribution in [-0.4, -0.2) is 59.4 Å². The van der Waals surface area contributed by atoms with Gasteiger partial charge in [-0.25, -0.2) is 0 Å². The second kappa shape index (κ2) is 15.3. The number of aliphatic carboxylic acids is 2. The van der Waals surface area contributed by atoms with E-state index in [0.29, 0.717) is 24.1 Å². The Morgan fingerprint density at radius 2 is 1.64 bits per heavy atom. The Bertz CT molecular complexity index is 392. The predicted molar refractivity (Wildman–Crippen MR) is 91.1 cm³/mol. The fourth-order valence-electron chi connectivity index (χ4n) is 3.03. The Morgan fingerprint density at radius 3 is 2.12 bits per heavy atom. The fourth-order valence-corrected chi connectivity index (χ4v) is 3.03. The average molecular weight is 383 g/mol. The predicted octanol–water partition coefficient (Wildman–Crippen LogP) is -1.96. The van der Waals surface area contributed by atoms with Crippen molar-refractivity contribution in [2.24, 2.45) is 11.8 Å². The van der Waals surface area contributed by atoms with Crippen LogP contribution in [0.3, 0.4) is 0 Å². The molecule has 0 aromatic rings. The molecule has 3 atom stereocenters. The van der Waals surface area contributed by atoms with E-state index in [1.165, 1.54) is 0 Å². The summed E-state index contributed by atoms with van der Waals surface area (Å²) in [4.78, 5) is 22.4. The number of carboxylic acids is 2. The molecule has 0 fully saturated rings. The van der Waals surface area contributed by atoms with E-state index in [-0.39, 0.29) is 64.5 Å². The monoisotopic (exact) mass is 382 g/mol. The van der Waals surface area contributed by atoms with Gasteiger partial charge in [0.05, 0.1) is 26.2 Å². The van der Waals surface area contributed by atoms with Gasteiger partial charge in [0.1, 0.15) is 12.5 Å². The third kappa shape index (κ3) is 12.3. The number of unbranched alkanes of at least 4 members (excludes halogenated alkanes) is 2. The van der Waals surface area contributed by atoms with Crippen molar-refractivity contribution >= 4 is 11.9 Å². The molecule has 0 radical (unpaired) electrons. The van der Waals surface area contributed by atoms with E-state index in [2.05, 4.69) is 19.1 Å². The number of hydrogen-bond donors (Lipinski definition) is 2. The van der Waals surface area contributed by atoms with Crippen molar-refractivity contribution in [3.63, 3.8) is 0 Å². The molecule has 0 aromatic carbocycles. The van der Waals surface area contributed by atoms with Crippen LogP contribution in [-0.2, 0) is 9.59 Å². The molecule has 0 aliphatic rings. The van der Waals surface area contributed by atoms with Gasteiger partial charge in [-0.05, 0) is 19.8 Å². The summed E-state index contributed by atoms with van der Waals surface area (Å²) in [6, 6.07) is 0. The standard InChI is InChI=1S/C18H33NO5.K/c1-4-5-6-7-8-9-10-19(11-12-20,13-15(2)17(21)22)14-16(3)18(23)24;/h6-7,15-16,20H,4-5,8-14H2,1-3H3,(H-,21,22,23,24);/q;+1/b7-6+;. The minimum absolute atomic E-state index is 0. The number of nitrogens with zero attached hydrogens (tertiary/aromatic N) is 1. The summed E-state index contributed by atoms with van der Waals surface area (Å²) in [5.41, 5.74) is 0. The largest absolute Gasteiger partial charge is 1.00 e. The van der Waals surface area contributed by atoms with Crippen LogP contribution in [0.15, 0.2) is 12.2 Å². The fraction of sp³-hybridized carbons (Fsp3) is 0.778. The van der Waals surface area contributed by atoms with Crippen molar-refractivity contribution in [2.45, 2.75) is 46.5 Å². The van der Waals surface area contributed by atoms with Gasteiger partial charge in [0.25, 0.3) is 0 Å². The molecule has 0 spiro atoms. The smallest absolute Gasteiger partial charge is 0.550 e. The maximum atomic E-state index is 11.2. The van der Waals surface area contributed by atoms with Gasteiger partial charge in [-0.2, -0.15) is 0 Å². The van der Waals surface area contributed by atoms with Gasteiger partial charge >= 0.3 is 57.4 Å². The molecule has 0 aromatic heterocycles. The normalized spacial score (nSPS) is 16.0. The van der Waals surface area contributed by atoms with E-state index in [4.69, 9.17) is 0 Å². The summed E-state index contributed by atoms with van der Waals surface area (Å²) in [5.74, 6) is -3.32. The first-order valence-electron chi connectivity index (χ1n) is 8.82. The van der Waals surface area contributed by atoms with E-state index in [1.54, 1.807) is 13.8 Å². The quantitative estimate of drug-likeness (QED) is 0.157. The molecule has 0 saturated heterocycles. The van der Waals surface area contributed by atoms with Crippen molar-refractivity contribution in [1.82, 2.24) is 0 Å². The van der Waals surface area contributed by atoms with Gasteiger partial charge in [0.2, 0.25) is 0 Å². The minimum Gasteiger partial charge on any atom is -0.550 e. The topological polar surface area (TPSA) is 97.7 Å². The Morgan fingerprint density at radius 1 is 1.08 bits per heavy atom. The summed E-state index contributed by atoms with van der Waals surface area (Å²) in [7, 11) is 0. The van der Waals surface area contributed by atoms with Crippen LogP contribution in [0.4, 0.5) is 0 Å². The van der Waals surface area contributed by atoms with Crippen molar-refractivity contribution in [3.8, 4) is 0 Å². The van der Waals surface area contributed by atoms with Gasteiger partial charge in [-0.1, -0.05) is 32.4 Å². The average Bonchev–Trinajstić information content (AvgIpc) is 2.50. The second-order valence-corrected chi connectivity index (χ2v) is 6.74. The molecule has 6 nitrogen and oxygen atoms in total. The molecule has 0 aliphatic carbocycles. The Labute approximate surface area is 194 Å². The third-order valence-electron chi connectivity index (χ3n) is 4.35. The van der Waals surface area contributed by atoms with Gasteiger partial charge in [0, 0.05) is 18.3 Å². The maximum Gasteiger partial charge on any atom is 1.00 e. The van der Waals surface area contributed by atoms with Gasteiger partial charge in [-0.3, -0.25) is 4.79 Å². The van der Waals surface area contributed by atoms with Crippen LogP contribution in [0.1, 0.15) is 46.5 Å². The number of carbonyl (C=O) groups is 2. The first-order chi connectivity index (χ1) is 11.3. The minimum atomic E-state index is -1.14. The van der Waals surface area contributed by atoms with Crippen molar-refractivity contribution in [3.05, 3.63) is 12.2 Å². The van der Waals surface area contributed by atoms with Crippen LogP contribution in [0.2, 0.25) is 0 Å². The number of quaternary nitrogens is 1. The van der Waals surface area contributed by atoms with Crippen molar-refractivity contribution < 1.29 is 80.8 Å². The zero-order valence-corrected chi connectivity index (χ0v) is 19.4. The van der Waals surface area contributed by atoms with Crippen LogP contribution in [0.5, 0.6) is 0 Å². The first kappa shape index (κ1) is 27.5. The number of carboxylic acid groups (broad SMARTS) is 2. The van der Waals surface area contributed by atoms with Gasteiger partial charge < -0.3 is 24.6 Å². The molecule has 2 N–H and O–H groups in total. The zero-order chi connectivity index (χ0) is 18.6. The molecule has 0 aliphatic heterocycles. The summed E-state index contributed by atoms with van der Waals surface area (Å²) >= 11 is 0. The molecule has 3 unspecified atom stereocenters. The summed E-state index contributed by atoms with van der Waals surface area (Å²) in [5, 5.41) is 29.8. The van der Waals surface area contributed by atoms with E-state index >= 15 is 0 Å². The number of hydrogen-bond acceptors (Lipinski definition) is 4. The van der Waals surface area contributed by atoms with Crippen LogP contribution in [0.25, 0.3) is 0 Å². The number of carbonyl (C=O) groups excluding carboxylic acids is 1. The molecule has 0 bridgehead atoms. The third-order valence-corrected chi connectivity index (χ3v) is 4.35. The van der Waals surface area contributed by atoms with Crippen LogP contribution < -0.4 is 56.5 Å². The molecule has 140 valence electrons. The molecular weight excluding hydrogens is 349 g/mol. The summed E-state index contributed by atoms with van der Waals surface area (Å²) < 4.78 is 0.292. The number of aliphatic hydroxyl groups is 1. The van der Waals surface area contributed by atoms with E-state index < -0.39 is 23.8 Å². The second-order valence-electron chi connectivity index (χ2n) is 6.74. The van der Waals surface area contributed by atoms with Crippen molar-refractivity contribution in [1.29, 1.82) is 0 Å². The molecule has 0 saturated carbocycles. The maximum absolute atomic E-state index is 11.2. The molecule has 7 heteroatoms. The van der Waals surface area contributed by atoms with E-state index in [0.717, 1.165) is 25.7 Å². The Kier molecular flexibility index (Phi) is 16.8.